The van der Waals surface area contributed by atoms with Crippen molar-refractivity contribution in [2.24, 2.45) is 5.16 Å². The van der Waals surface area contributed by atoms with Gasteiger partial charge in [0.25, 0.3) is 0 Å². The maximum Gasteiger partial charge on any atom is 0.339 e. The van der Waals surface area contributed by atoms with Crippen molar-refractivity contribution in [2.75, 3.05) is 14.2 Å². The van der Waals surface area contributed by atoms with Crippen LogP contribution in [0, 0.1) is 0 Å². The molecule has 7 nitrogen and oxygen atoms in total. The number of hydrogen-bond donors (Lipinski definition) is 1. The Labute approximate surface area is 198 Å². The van der Waals surface area contributed by atoms with Crippen LogP contribution in [0.3, 0.4) is 0 Å². The summed E-state index contributed by atoms with van der Waals surface area (Å²) in [6.07, 6.45) is 1.21. The molecule has 7 heteroatoms. The predicted octanol–water partition coefficient (Wildman–Crippen LogP) is 5.29. The van der Waals surface area contributed by atoms with Gasteiger partial charge in [-0.3, -0.25) is 0 Å². The summed E-state index contributed by atoms with van der Waals surface area (Å²) in [5.74, 6) is -0.0365. The van der Waals surface area contributed by atoms with Crippen molar-refractivity contribution in [1.82, 2.24) is 0 Å². The molecule has 3 rings (SSSR count). The normalized spacial score (nSPS) is 11.6. The lowest BCUT2D eigenvalue weighted by Crippen LogP contribution is -2.06. The quantitative estimate of drug-likeness (QED) is 0.181. The van der Waals surface area contributed by atoms with Crippen LogP contribution in [-0.4, -0.2) is 31.0 Å². The zero-order valence-corrected chi connectivity index (χ0v) is 19.4. The summed E-state index contributed by atoms with van der Waals surface area (Å²) in [7, 11) is 2.97. The third kappa shape index (κ3) is 6.38. The first-order chi connectivity index (χ1) is 16.5. The van der Waals surface area contributed by atoms with Crippen LogP contribution in [0.15, 0.2) is 84.2 Å². The molecule has 0 spiro atoms. The van der Waals surface area contributed by atoms with Crippen LogP contribution in [0.5, 0.6) is 11.5 Å². The molecule has 0 fully saturated rings. The van der Waals surface area contributed by atoms with E-state index in [-0.39, 0.29) is 12.2 Å². The van der Waals surface area contributed by atoms with Crippen molar-refractivity contribution >= 4 is 17.3 Å². The number of benzene rings is 3. The Kier molecular flexibility index (Phi) is 8.68. The molecule has 176 valence electrons. The Hall–Kier alpha value is -4.26. The monoisotopic (exact) mass is 461 g/mol. The SMILES string of the molecule is COC=C(C(=O)O)c1ccccc1COc1ccc(C(C)=NOCc2ccccc2)cc1OC. The molecule has 0 aromatic heterocycles. The topological polar surface area (TPSA) is 86.6 Å². The van der Waals surface area contributed by atoms with Crippen molar-refractivity contribution < 1.29 is 28.9 Å². The van der Waals surface area contributed by atoms with Crippen LogP contribution in [0.25, 0.3) is 5.57 Å². The van der Waals surface area contributed by atoms with Gasteiger partial charge in [-0.05, 0) is 41.8 Å². The van der Waals surface area contributed by atoms with E-state index in [1.54, 1.807) is 25.3 Å². The third-order valence-electron chi connectivity index (χ3n) is 5.01. The van der Waals surface area contributed by atoms with Crippen LogP contribution in [0.2, 0.25) is 0 Å². The van der Waals surface area contributed by atoms with Crippen LogP contribution in [0.4, 0.5) is 0 Å². The number of nitrogens with zero attached hydrogens (tertiary/aromatic N) is 1. The van der Waals surface area contributed by atoms with E-state index in [9.17, 15) is 9.90 Å². The molecule has 0 amide bonds. The van der Waals surface area contributed by atoms with E-state index in [4.69, 9.17) is 19.0 Å². The number of aliphatic carboxylic acids is 1. The molecule has 0 atom stereocenters. The van der Waals surface area contributed by atoms with Gasteiger partial charge < -0.3 is 24.2 Å². The second kappa shape index (κ2) is 12.1. The molecule has 0 aliphatic carbocycles. The van der Waals surface area contributed by atoms with Gasteiger partial charge in [-0.15, -0.1) is 0 Å². The lowest BCUT2D eigenvalue weighted by Gasteiger charge is -2.14. The predicted molar refractivity (Wildman–Crippen MR) is 130 cm³/mol. The zero-order chi connectivity index (χ0) is 24.3. The number of carboxylic acids is 1. The van der Waals surface area contributed by atoms with Gasteiger partial charge in [0.2, 0.25) is 0 Å². The highest BCUT2D eigenvalue weighted by Gasteiger charge is 2.16. The van der Waals surface area contributed by atoms with Crippen molar-refractivity contribution in [3.8, 4) is 11.5 Å². The van der Waals surface area contributed by atoms with Crippen molar-refractivity contribution in [2.45, 2.75) is 20.1 Å². The maximum absolute atomic E-state index is 11.6. The summed E-state index contributed by atoms with van der Waals surface area (Å²) in [5, 5.41) is 13.7. The average molecular weight is 462 g/mol. The minimum Gasteiger partial charge on any atom is -0.503 e. The van der Waals surface area contributed by atoms with Gasteiger partial charge in [0.15, 0.2) is 11.5 Å². The maximum atomic E-state index is 11.6. The summed E-state index contributed by atoms with van der Waals surface area (Å²) in [5.41, 5.74) is 3.83. The largest absolute Gasteiger partial charge is 0.503 e. The molecular formula is C27H27NO6. The summed E-state index contributed by atoms with van der Waals surface area (Å²) in [6.45, 7) is 2.38. The molecule has 0 radical (unpaired) electrons. The summed E-state index contributed by atoms with van der Waals surface area (Å²) in [4.78, 5) is 17.1. The molecule has 0 aliphatic heterocycles. The number of carbonyl (C=O) groups is 1. The average Bonchev–Trinajstić information content (AvgIpc) is 2.86. The van der Waals surface area contributed by atoms with E-state index in [1.807, 2.05) is 61.5 Å². The molecule has 0 bridgehead atoms. The Morgan fingerprint density at radius 1 is 0.941 bits per heavy atom. The van der Waals surface area contributed by atoms with Crippen LogP contribution in [-0.2, 0) is 27.6 Å². The minimum atomic E-state index is -1.08. The molecule has 0 unspecified atom stereocenters. The Balaban J connectivity index is 1.73. The van der Waals surface area contributed by atoms with E-state index in [1.165, 1.54) is 13.4 Å². The number of ether oxygens (including phenoxy) is 3. The van der Waals surface area contributed by atoms with Crippen molar-refractivity contribution in [3.05, 3.63) is 101 Å². The van der Waals surface area contributed by atoms with Crippen LogP contribution >= 0.6 is 0 Å². The van der Waals surface area contributed by atoms with E-state index in [0.29, 0.717) is 34.9 Å². The van der Waals surface area contributed by atoms with Crippen LogP contribution in [0.1, 0.15) is 29.2 Å². The molecule has 0 saturated carbocycles. The molecular weight excluding hydrogens is 434 g/mol. The fraction of sp³-hybridized carbons (Fsp3) is 0.185. The van der Waals surface area contributed by atoms with Gasteiger partial charge in [0, 0.05) is 5.56 Å². The fourth-order valence-corrected chi connectivity index (χ4v) is 3.25. The molecule has 1 N–H and O–H groups in total. The molecule has 34 heavy (non-hydrogen) atoms. The highest BCUT2D eigenvalue weighted by Crippen LogP contribution is 2.30. The van der Waals surface area contributed by atoms with Gasteiger partial charge in [-0.25, -0.2) is 4.79 Å². The standard InChI is InChI=1S/C27H27NO6/c1-19(28-34-16-20-9-5-4-6-10-20)21-13-14-25(26(15-21)32-3)33-17-22-11-7-8-12-23(22)24(18-31-2)27(29)30/h4-15,18H,16-17H2,1-3H3,(H,29,30). The number of carboxylic acid groups (broad SMARTS) is 1. The van der Waals surface area contributed by atoms with Gasteiger partial charge in [0.1, 0.15) is 18.8 Å². The second-order valence-electron chi connectivity index (χ2n) is 7.32. The number of hydrogen-bond acceptors (Lipinski definition) is 6. The Bertz CT molecular complexity index is 1170. The smallest absolute Gasteiger partial charge is 0.339 e. The van der Waals surface area contributed by atoms with E-state index in [0.717, 1.165) is 11.1 Å². The van der Waals surface area contributed by atoms with E-state index in [2.05, 4.69) is 5.16 Å². The van der Waals surface area contributed by atoms with Crippen molar-refractivity contribution in [1.29, 1.82) is 0 Å². The highest BCUT2D eigenvalue weighted by molar-refractivity contribution is 6.15. The van der Waals surface area contributed by atoms with Crippen molar-refractivity contribution in [3.63, 3.8) is 0 Å². The highest BCUT2D eigenvalue weighted by atomic mass is 16.6. The number of rotatable bonds is 11. The summed E-state index contributed by atoms with van der Waals surface area (Å²) >= 11 is 0. The lowest BCUT2D eigenvalue weighted by molar-refractivity contribution is -0.130. The molecule has 3 aromatic rings. The van der Waals surface area contributed by atoms with Gasteiger partial charge in [0.05, 0.1) is 26.2 Å². The third-order valence-corrected chi connectivity index (χ3v) is 5.01. The zero-order valence-electron chi connectivity index (χ0n) is 19.4. The second-order valence-corrected chi connectivity index (χ2v) is 7.32. The first-order valence-corrected chi connectivity index (χ1v) is 10.6. The Morgan fingerprint density at radius 3 is 2.38 bits per heavy atom. The van der Waals surface area contributed by atoms with E-state index < -0.39 is 5.97 Å². The molecule has 3 aromatic carbocycles. The van der Waals surface area contributed by atoms with Crippen LogP contribution < -0.4 is 9.47 Å². The van der Waals surface area contributed by atoms with Gasteiger partial charge in [-0.2, -0.15) is 0 Å². The Morgan fingerprint density at radius 2 is 1.68 bits per heavy atom. The first-order valence-electron chi connectivity index (χ1n) is 10.6. The van der Waals surface area contributed by atoms with Gasteiger partial charge >= 0.3 is 5.97 Å². The lowest BCUT2D eigenvalue weighted by atomic mass is 10.0. The first kappa shape index (κ1) is 24.4. The molecule has 0 aliphatic rings. The fourth-order valence-electron chi connectivity index (χ4n) is 3.25. The minimum absolute atomic E-state index is 0.0475. The molecule has 0 heterocycles. The number of oxime groups is 1. The molecule has 0 saturated heterocycles. The summed E-state index contributed by atoms with van der Waals surface area (Å²) < 4.78 is 16.4. The number of methoxy groups -OCH3 is 2. The summed E-state index contributed by atoms with van der Waals surface area (Å²) in [6, 6.07) is 22.4. The van der Waals surface area contributed by atoms with Gasteiger partial charge in [-0.1, -0.05) is 59.8 Å². The van der Waals surface area contributed by atoms with E-state index >= 15 is 0 Å².